The minimum Gasteiger partial charge on any atom is -0.265 e. The first-order valence-electron chi connectivity index (χ1n) is 9.09. The van der Waals surface area contributed by atoms with Gasteiger partial charge in [-0.2, -0.15) is 10.2 Å². The minimum absolute atomic E-state index is 0.235. The van der Waals surface area contributed by atoms with Crippen molar-refractivity contribution in [2.45, 2.75) is 25.3 Å². The molecule has 0 saturated heterocycles. The lowest BCUT2D eigenvalue weighted by atomic mass is 10.2. The van der Waals surface area contributed by atoms with Crippen molar-refractivity contribution in [1.29, 1.82) is 0 Å². The van der Waals surface area contributed by atoms with E-state index >= 15 is 0 Å². The van der Waals surface area contributed by atoms with Gasteiger partial charge in [-0.3, -0.25) is 4.79 Å². The minimum atomic E-state index is -0.334. The second-order valence-corrected chi connectivity index (χ2v) is 7.48. The third kappa shape index (κ3) is 2.99. The number of halogens is 2. The average molecular weight is 395 g/mol. The highest BCUT2D eigenvalue weighted by Gasteiger charge is 2.30. The first-order chi connectivity index (χ1) is 13.6. The molecule has 1 aliphatic carbocycles. The zero-order valence-electron chi connectivity index (χ0n) is 14.8. The number of aromatic nitrogens is 4. The van der Waals surface area contributed by atoms with Gasteiger partial charge in [0.05, 0.1) is 24.1 Å². The van der Waals surface area contributed by atoms with Crippen molar-refractivity contribution >= 4 is 22.5 Å². The van der Waals surface area contributed by atoms with Crippen LogP contribution >= 0.6 is 11.6 Å². The van der Waals surface area contributed by atoms with E-state index in [2.05, 4.69) is 10.2 Å². The predicted molar refractivity (Wildman–Crippen MR) is 106 cm³/mol. The Morgan fingerprint density at radius 2 is 1.93 bits per heavy atom. The Balaban J connectivity index is 1.71. The first kappa shape index (κ1) is 17.1. The molecule has 2 aromatic heterocycles. The van der Waals surface area contributed by atoms with Gasteiger partial charge < -0.3 is 0 Å². The Morgan fingerprint density at radius 3 is 2.64 bits per heavy atom. The van der Waals surface area contributed by atoms with Crippen LogP contribution < -0.4 is 5.56 Å². The lowest BCUT2D eigenvalue weighted by molar-refractivity contribution is 0.624. The number of hydrogen-bond acceptors (Lipinski definition) is 3. The zero-order chi connectivity index (χ0) is 19.3. The quantitative estimate of drug-likeness (QED) is 0.518. The third-order valence-electron chi connectivity index (χ3n) is 4.97. The largest absolute Gasteiger partial charge is 0.293 e. The molecular weight excluding hydrogens is 379 g/mol. The maximum absolute atomic E-state index is 13.3. The van der Waals surface area contributed by atoms with Crippen molar-refractivity contribution in [3.8, 4) is 5.69 Å². The van der Waals surface area contributed by atoms with E-state index in [0.29, 0.717) is 28.7 Å². The van der Waals surface area contributed by atoms with Crippen molar-refractivity contribution < 1.29 is 4.39 Å². The van der Waals surface area contributed by atoms with Crippen LogP contribution in [-0.2, 0) is 6.54 Å². The van der Waals surface area contributed by atoms with Gasteiger partial charge in [-0.15, -0.1) is 0 Å². The van der Waals surface area contributed by atoms with Crippen molar-refractivity contribution in [1.82, 2.24) is 19.6 Å². The highest BCUT2D eigenvalue weighted by atomic mass is 35.5. The monoisotopic (exact) mass is 394 g/mol. The molecule has 0 bridgehead atoms. The standard InChI is InChI=1S/C21H16ClFN4O/c22-15-3-1-2-13(10-15)12-26-21(28)20-18(19(25-26)14-4-5-14)11-24-27(20)17-8-6-16(23)7-9-17/h1-3,6-11,14H,4-5,12H2. The lowest BCUT2D eigenvalue weighted by Gasteiger charge is -2.10. The van der Waals surface area contributed by atoms with Crippen LogP contribution in [0.2, 0.25) is 5.02 Å². The molecule has 5 nitrogen and oxygen atoms in total. The summed E-state index contributed by atoms with van der Waals surface area (Å²) in [4.78, 5) is 13.3. The molecular formula is C21H16ClFN4O. The van der Waals surface area contributed by atoms with Crippen LogP contribution in [0, 0.1) is 5.82 Å². The van der Waals surface area contributed by atoms with Crippen LogP contribution in [0.3, 0.4) is 0 Å². The first-order valence-corrected chi connectivity index (χ1v) is 9.47. The van der Waals surface area contributed by atoms with Gasteiger partial charge in [-0.05, 0) is 54.8 Å². The summed E-state index contributed by atoms with van der Waals surface area (Å²) in [5.41, 5.74) is 2.66. The molecule has 4 aromatic rings. The normalized spacial score (nSPS) is 13.9. The summed E-state index contributed by atoms with van der Waals surface area (Å²) in [5.74, 6) is 0.0125. The van der Waals surface area contributed by atoms with E-state index in [1.54, 1.807) is 29.1 Å². The summed E-state index contributed by atoms with van der Waals surface area (Å²) in [7, 11) is 0. The van der Waals surface area contributed by atoms with Gasteiger partial charge in [0, 0.05) is 16.3 Å². The molecule has 28 heavy (non-hydrogen) atoms. The Labute approximate surface area is 165 Å². The number of rotatable bonds is 4. The van der Waals surface area contributed by atoms with Crippen molar-refractivity contribution in [3.63, 3.8) is 0 Å². The summed E-state index contributed by atoms with van der Waals surface area (Å²) in [6, 6.07) is 13.3. The lowest BCUT2D eigenvalue weighted by Crippen LogP contribution is -2.26. The van der Waals surface area contributed by atoms with Crippen LogP contribution in [0.25, 0.3) is 16.6 Å². The van der Waals surface area contributed by atoms with E-state index in [0.717, 1.165) is 29.5 Å². The average Bonchev–Trinajstić information content (AvgIpc) is 3.43. The maximum atomic E-state index is 13.3. The topological polar surface area (TPSA) is 52.7 Å². The van der Waals surface area contributed by atoms with Gasteiger partial charge in [0.15, 0.2) is 0 Å². The molecule has 140 valence electrons. The molecule has 2 heterocycles. The molecule has 0 spiro atoms. The molecule has 7 heteroatoms. The predicted octanol–water partition coefficient (Wildman–Crippen LogP) is 4.30. The summed E-state index contributed by atoms with van der Waals surface area (Å²) in [6.45, 7) is 0.323. The highest BCUT2D eigenvalue weighted by molar-refractivity contribution is 6.30. The van der Waals surface area contributed by atoms with Gasteiger partial charge in [0.1, 0.15) is 11.3 Å². The van der Waals surface area contributed by atoms with Gasteiger partial charge in [-0.1, -0.05) is 23.7 Å². The molecule has 5 rings (SSSR count). The van der Waals surface area contributed by atoms with Gasteiger partial charge in [0.25, 0.3) is 5.56 Å². The van der Waals surface area contributed by atoms with Gasteiger partial charge in [0.2, 0.25) is 0 Å². The van der Waals surface area contributed by atoms with E-state index in [-0.39, 0.29) is 11.4 Å². The number of benzene rings is 2. The maximum Gasteiger partial charge on any atom is 0.293 e. The second kappa shape index (κ2) is 6.56. The Morgan fingerprint density at radius 1 is 1.14 bits per heavy atom. The molecule has 0 aliphatic heterocycles. The van der Waals surface area contributed by atoms with E-state index in [4.69, 9.17) is 11.6 Å². The molecule has 0 N–H and O–H groups in total. The van der Waals surface area contributed by atoms with Crippen LogP contribution in [0.4, 0.5) is 4.39 Å². The fourth-order valence-electron chi connectivity index (χ4n) is 3.45. The molecule has 1 saturated carbocycles. The van der Waals surface area contributed by atoms with Gasteiger partial charge >= 0.3 is 0 Å². The van der Waals surface area contributed by atoms with Gasteiger partial charge in [-0.25, -0.2) is 13.8 Å². The number of hydrogen-bond donors (Lipinski definition) is 0. The molecule has 0 amide bonds. The van der Waals surface area contributed by atoms with Crippen LogP contribution in [0.15, 0.2) is 59.5 Å². The molecule has 0 unspecified atom stereocenters. The summed E-state index contributed by atoms with van der Waals surface area (Å²) in [5, 5.41) is 10.4. The fraction of sp³-hybridized carbons (Fsp3) is 0.190. The Bertz CT molecular complexity index is 1240. The van der Waals surface area contributed by atoms with Crippen LogP contribution in [0.1, 0.15) is 30.0 Å². The van der Waals surface area contributed by atoms with Crippen LogP contribution in [-0.4, -0.2) is 19.6 Å². The molecule has 1 fully saturated rings. The second-order valence-electron chi connectivity index (χ2n) is 7.05. The third-order valence-corrected chi connectivity index (χ3v) is 5.20. The highest BCUT2D eigenvalue weighted by Crippen LogP contribution is 2.41. The van der Waals surface area contributed by atoms with Crippen LogP contribution in [0.5, 0.6) is 0 Å². The molecule has 0 atom stereocenters. The number of nitrogens with zero attached hydrogens (tertiary/aromatic N) is 4. The van der Waals surface area contributed by atoms with Crippen molar-refractivity contribution in [2.24, 2.45) is 0 Å². The van der Waals surface area contributed by atoms with E-state index < -0.39 is 0 Å². The van der Waals surface area contributed by atoms with E-state index in [1.807, 2.05) is 18.2 Å². The molecule has 1 aliphatic rings. The summed E-state index contributed by atoms with van der Waals surface area (Å²) < 4.78 is 16.4. The zero-order valence-corrected chi connectivity index (χ0v) is 15.6. The Hall–Kier alpha value is -2.99. The van der Waals surface area contributed by atoms with E-state index in [9.17, 15) is 9.18 Å². The number of fused-ring (bicyclic) bond motifs is 1. The van der Waals surface area contributed by atoms with Crippen molar-refractivity contribution in [2.75, 3.05) is 0 Å². The Kier molecular flexibility index (Phi) is 4.02. The molecule has 0 radical (unpaired) electrons. The van der Waals surface area contributed by atoms with E-state index in [1.165, 1.54) is 16.8 Å². The summed E-state index contributed by atoms with van der Waals surface area (Å²) in [6.07, 6.45) is 3.79. The molecule has 2 aromatic carbocycles. The SMILES string of the molecule is O=c1c2c(cnn2-c2ccc(F)cc2)c(C2CC2)nn1Cc1cccc(Cl)c1. The fourth-order valence-corrected chi connectivity index (χ4v) is 3.66. The van der Waals surface area contributed by atoms with Crippen molar-refractivity contribution in [3.05, 3.63) is 87.2 Å². The smallest absolute Gasteiger partial charge is 0.265 e. The summed E-state index contributed by atoms with van der Waals surface area (Å²) >= 11 is 6.09.